The van der Waals surface area contributed by atoms with Gasteiger partial charge >= 0.3 is 6.09 Å². The highest BCUT2D eigenvalue weighted by atomic mass is 16.6. The van der Waals surface area contributed by atoms with E-state index in [0.717, 1.165) is 24.3 Å². The predicted octanol–water partition coefficient (Wildman–Crippen LogP) is 3.77. The highest BCUT2D eigenvalue weighted by Crippen LogP contribution is 2.23. The molecule has 1 aromatic carbocycles. The number of hydrogen-bond donors (Lipinski definition) is 1. The van der Waals surface area contributed by atoms with E-state index in [4.69, 9.17) is 4.74 Å². The van der Waals surface area contributed by atoms with Crippen LogP contribution in [-0.2, 0) is 6.42 Å². The Morgan fingerprint density at radius 1 is 1.28 bits per heavy atom. The van der Waals surface area contributed by atoms with Crippen LogP contribution in [0.4, 0.5) is 4.79 Å². The van der Waals surface area contributed by atoms with Crippen molar-refractivity contribution in [2.24, 2.45) is 5.92 Å². The van der Waals surface area contributed by atoms with E-state index in [2.05, 4.69) is 19.2 Å². The van der Waals surface area contributed by atoms with Gasteiger partial charge in [-0.3, -0.25) is 0 Å². The van der Waals surface area contributed by atoms with Gasteiger partial charge in [0.05, 0.1) is 0 Å². The second-order valence-electron chi connectivity index (χ2n) is 4.47. The van der Waals surface area contributed by atoms with Crippen LogP contribution in [0.3, 0.4) is 0 Å². The summed E-state index contributed by atoms with van der Waals surface area (Å²) in [5.74, 6) is 1.42. The molecule has 100 valence electrons. The first-order chi connectivity index (χ1) is 8.71. The maximum absolute atomic E-state index is 11.3. The Bertz CT molecular complexity index is 373. The lowest BCUT2D eigenvalue weighted by molar-refractivity contribution is 0.202. The maximum atomic E-state index is 11.3. The molecule has 0 radical (unpaired) electrons. The summed E-state index contributed by atoms with van der Waals surface area (Å²) in [5, 5.41) is 2.47. The third-order valence-corrected chi connectivity index (χ3v) is 3.36. The van der Waals surface area contributed by atoms with Gasteiger partial charge in [0, 0.05) is 7.05 Å². The molecule has 3 heteroatoms. The number of amides is 1. The first-order valence-electron chi connectivity index (χ1n) is 6.68. The molecule has 1 aromatic rings. The van der Waals surface area contributed by atoms with Gasteiger partial charge < -0.3 is 10.1 Å². The maximum Gasteiger partial charge on any atom is 0.412 e. The summed E-state index contributed by atoms with van der Waals surface area (Å²) in [6.07, 6.45) is 4.09. The average Bonchev–Trinajstić information content (AvgIpc) is 2.41. The summed E-state index contributed by atoms with van der Waals surface area (Å²) in [6, 6.07) is 7.75. The van der Waals surface area contributed by atoms with Crippen molar-refractivity contribution in [2.75, 3.05) is 7.05 Å². The smallest absolute Gasteiger partial charge is 0.410 e. The van der Waals surface area contributed by atoms with Gasteiger partial charge in [0.2, 0.25) is 0 Å². The number of hydrogen-bond acceptors (Lipinski definition) is 2. The molecule has 0 fully saturated rings. The quantitative estimate of drug-likeness (QED) is 0.833. The average molecular weight is 249 g/mol. The van der Waals surface area contributed by atoms with Crippen molar-refractivity contribution in [3.8, 4) is 5.75 Å². The Hall–Kier alpha value is -1.51. The van der Waals surface area contributed by atoms with E-state index in [0.29, 0.717) is 5.75 Å². The van der Waals surface area contributed by atoms with Gasteiger partial charge in [0.15, 0.2) is 0 Å². The summed E-state index contributed by atoms with van der Waals surface area (Å²) in [5.41, 5.74) is 1.10. The first-order valence-corrected chi connectivity index (χ1v) is 6.68. The van der Waals surface area contributed by atoms with E-state index in [9.17, 15) is 4.79 Å². The Morgan fingerprint density at radius 3 is 2.56 bits per heavy atom. The molecule has 1 rings (SSSR count). The Kier molecular flexibility index (Phi) is 6.26. The van der Waals surface area contributed by atoms with Crippen LogP contribution < -0.4 is 10.1 Å². The van der Waals surface area contributed by atoms with Crippen LogP contribution in [0, 0.1) is 5.92 Å². The lowest BCUT2D eigenvalue weighted by atomic mass is 9.95. The topological polar surface area (TPSA) is 38.3 Å². The number of ether oxygens (including phenoxy) is 1. The Labute approximate surface area is 110 Å². The number of aryl methyl sites for hydroxylation is 1. The van der Waals surface area contributed by atoms with Gasteiger partial charge in [-0.1, -0.05) is 44.9 Å². The van der Waals surface area contributed by atoms with Crippen molar-refractivity contribution in [1.29, 1.82) is 0 Å². The Morgan fingerprint density at radius 2 is 1.94 bits per heavy atom. The fourth-order valence-electron chi connectivity index (χ4n) is 2.02. The lowest BCUT2D eigenvalue weighted by Crippen LogP contribution is -2.22. The largest absolute Gasteiger partial charge is 0.412 e. The highest BCUT2D eigenvalue weighted by molar-refractivity contribution is 5.70. The molecular formula is C15H23NO2. The van der Waals surface area contributed by atoms with Crippen molar-refractivity contribution in [2.45, 2.75) is 39.5 Å². The van der Waals surface area contributed by atoms with Gasteiger partial charge in [-0.25, -0.2) is 4.79 Å². The predicted molar refractivity (Wildman–Crippen MR) is 73.9 cm³/mol. The number of para-hydroxylation sites is 1. The molecular weight excluding hydrogens is 226 g/mol. The number of benzene rings is 1. The molecule has 0 aliphatic carbocycles. The minimum atomic E-state index is -0.412. The van der Waals surface area contributed by atoms with E-state index in [-0.39, 0.29) is 0 Å². The van der Waals surface area contributed by atoms with Gasteiger partial charge in [0.25, 0.3) is 0 Å². The molecule has 0 saturated heterocycles. The number of nitrogens with one attached hydrogen (secondary N) is 1. The SMILES string of the molecule is CCC(CC)CCc1ccccc1OC(=O)NC. The lowest BCUT2D eigenvalue weighted by Gasteiger charge is -2.14. The van der Waals surface area contributed by atoms with Crippen molar-refractivity contribution in [3.05, 3.63) is 29.8 Å². The molecule has 18 heavy (non-hydrogen) atoms. The van der Waals surface area contributed by atoms with Crippen LogP contribution in [-0.4, -0.2) is 13.1 Å². The summed E-state index contributed by atoms with van der Waals surface area (Å²) < 4.78 is 5.24. The highest BCUT2D eigenvalue weighted by Gasteiger charge is 2.09. The van der Waals surface area contributed by atoms with E-state index >= 15 is 0 Å². The molecule has 0 bridgehead atoms. The molecule has 0 aromatic heterocycles. The number of rotatable bonds is 6. The van der Waals surface area contributed by atoms with Crippen LogP contribution >= 0.6 is 0 Å². The molecule has 1 N–H and O–H groups in total. The molecule has 0 aliphatic rings. The zero-order chi connectivity index (χ0) is 13.4. The van der Waals surface area contributed by atoms with Crippen LogP contribution in [0.2, 0.25) is 0 Å². The number of carbonyl (C=O) groups excluding carboxylic acids is 1. The van der Waals surface area contributed by atoms with Crippen molar-refractivity contribution < 1.29 is 9.53 Å². The van der Waals surface area contributed by atoms with Crippen molar-refractivity contribution in [1.82, 2.24) is 5.32 Å². The van der Waals surface area contributed by atoms with Gasteiger partial charge in [-0.2, -0.15) is 0 Å². The standard InChI is InChI=1S/C15H23NO2/c1-4-12(5-2)10-11-13-8-6-7-9-14(13)18-15(17)16-3/h6-9,12H,4-5,10-11H2,1-3H3,(H,16,17). The van der Waals surface area contributed by atoms with Crippen LogP contribution in [0.25, 0.3) is 0 Å². The van der Waals surface area contributed by atoms with Crippen molar-refractivity contribution in [3.63, 3.8) is 0 Å². The van der Waals surface area contributed by atoms with E-state index in [1.807, 2.05) is 24.3 Å². The second-order valence-corrected chi connectivity index (χ2v) is 4.47. The number of carbonyl (C=O) groups is 1. The molecule has 0 unspecified atom stereocenters. The van der Waals surface area contributed by atoms with Crippen molar-refractivity contribution >= 4 is 6.09 Å². The minimum absolute atomic E-state index is 0.412. The van der Waals surface area contributed by atoms with E-state index in [1.54, 1.807) is 7.05 Å². The zero-order valence-corrected chi connectivity index (χ0v) is 11.5. The second kappa shape index (κ2) is 7.75. The molecule has 0 heterocycles. The molecule has 1 amide bonds. The zero-order valence-electron chi connectivity index (χ0n) is 11.5. The first kappa shape index (κ1) is 14.6. The summed E-state index contributed by atoms with van der Waals surface area (Å²) in [7, 11) is 1.56. The summed E-state index contributed by atoms with van der Waals surface area (Å²) in [6.45, 7) is 4.45. The monoisotopic (exact) mass is 249 g/mol. The van der Waals surface area contributed by atoms with Crippen LogP contribution in [0.5, 0.6) is 5.75 Å². The van der Waals surface area contributed by atoms with Gasteiger partial charge in [-0.05, 0) is 30.4 Å². The third-order valence-electron chi connectivity index (χ3n) is 3.36. The fraction of sp³-hybridized carbons (Fsp3) is 0.533. The summed E-state index contributed by atoms with van der Waals surface area (Å²) >= 11 is 0. The van der Waals surface area contributed by atoms with Crippen LogP contribution in [0.1, 0.15) is 38.7 Å². The molecule has 3 nitrogen and oxygen atoms in total. The summed E-state index contributed by atoms with van der Waals surface area (Å²) in [4.78, 5) is 11.3. The minimum Gasteiger partial charge on any atom is -0.410 e. The normalized spacial score (nSPS) is 10.4. The molecule has 0 saturated carbocycles. The molecule has 0 atom stereocenters. The van der Waals surface area contributed by atoms with Crippen LogP contribution in [0.15, 0.2) is 24.3 Å². The van der Waals surface area contributed by atoms with E-state index < -0.39 is 6.09 Å². The van der Waals surface area contributed by atoms with Gasteiger partial charge in [-0.15, -0.1) is 0 Å². The third kappa shape index (κ3) is 4.40. The fourth-order valence-corrected chi connectivity index (χ4v) is 2.02. The Balaban J connectivity index is 2.67. The van der Waals surface area contributed by atoms with Gasteiger partial charge in [0.1, 0.15) is 5.75 Å². The van der Waals surface area contributed by atoms with E-state index in [1.165, 1.54) is 12.8 Å². The molecule has 0 aliphatic heterocycles. The molecule has 0 spiro atoms.